The summed E-state index contributed by atoms with van der Waals surface area (Å²) in [6.45, 7) is 2.26. The molecule has 6 nitrogen and oxygen atoms in total. The number of benzene rings is 1. The fourth-order valence-electron chi connectivity index (χ4n) is 3.24. The zero-order valence-corrected chi connectivity index (χ0v) is 17.0. The van der Waals surface area contributed by atoms with Crippen LogP contribution in [0, 0.1) is 11.8 Å². The van der Waals surface area contributed by atoms with Crippen molar-refractivity contribution >= 4 is 23.2 Å². The summed E-state index contributed by atoms with van der Waals surface area (Å²) < 4.78 is 0. The third-order valence-corrected chi connectivity index (χ3v) is 5.26. The predicted molar refractivity (Wildman–Crippen MR) is 108 cm³/mol. The van der Waals surface area contributed by atoms with Crippen molar-refractivity contribution in [2.75, 3.05) is 51.5 Å². The zero-order valence-electron chi connectivity index (χ0n) is 17.0. The van der Waals surface area contributed by atoms with Gasteiger partial charge in [-0.15, -0.1) is 0 Å². The molecule has 0 saturated heterocycles. The topological polar surface area (TPSA) is 57.1 Å². The van der Waals surface area contributed by atoms with E-state index in [1.165, 1.54) is 4.90 Å². The van der Waals surface area contributed by atoms with Crippen LogP contribution in [-0.4, -0.2) is 58.0 Å². The van der Waals surface area contributed by atoms with E-state index in [0.29, 0.717) is 6.54 Å². The molecule has 0 aromatic heterocycles. The molecular formula is C21H33N4O2+. The van der Waals surface area contributed by atoms with E-state index in [1.807, 2.05) is 37.2 Å². The van der Waals surface area contributed by atoms with Gasteiger partial charge in [-0.2, -0.15) is 0 Å². The van der Waals surface area contributed by atoms with Crippen LogP contribution in [0.1, 0.15) is 31.2 Å². The van der Waals surface area contributed by atoms with Crippen LogP contribution in [0.2, 0.25) is 0 Å². The van der Waals surface area contributed by atoms with E-state index in [-0.39, 0.29) is 23.7 Å². The smallest absolute Gasteiger partial charge is 0.227 e. The lowest BCUT2D eigenvalue weighted by molar-refractivity contribution is -0.857. The number of amides is 2. The van der Waals surface area contributed by atoms with Crippen molar-refractivity contribution in [3.63, 3.8) is 0 Å². The van der Waals surface area contributed by atoms with Crippen LogP contribution in [0.15, 0.2) is 18.2 Å². The van der Waals surface area contributed by atoms with Crippen molar-refractivity contribution in [3.8, 4) is 0 Å². The number of rotatable bonds is 9. The second-order valence-corrected chi connectivity index (χ2v) is 8.49. The maximum absolute atomic E-state index is 12.8. The molecule has 2 aliphatic rings. The first-order valence-electron chi connectivity index (χ1n) is 10.0. The number of quaternary nitrogens is 1. The van der Waals surface area contributed by atoms with Crippen LogP contribution in [0.3, 0.4) is 0 Å². The molecule has 0 aliphatic heterocycles. The Morgan fingerprint density at radius 1 is 1.11 bits per heavy atom. The van der Waals surface area contributed by atoms with E-state index >= 15 is 0 Å². The van der Waals surface area contributed by atoms with Gasteiger partial charge in [-0.05, 0) is 49.4 Å². The predicted octanol–water partition coefficient (Wildman–Crippen LogP) is 0.984. The number of hydrogen-bond donors (Lipinski definition) is 2. The Morgan fingerprint density at radius 2 is 1.78 bits per heavy atom. The second-order valence-electron chi connectivity index (χ2n) is 8.49. The number of carbonyl (C=O) groups is 2. The highest BCUT2D eigenvalue weighted by molar-refractivity contribution is 5.94. The molecule has 1 aromatic rings. The molecule has 6 heteroatoms. The first-order valence-corrected chi connectivity index (χ1v) is 10.0. The highest BCUT2D eigenvalue weighted by atomic mass is 16.2. The monoisotopic (exact) mass is 373 g/mol. The Bertz CT molecular complexity index is 693. The fourth-order valence-corrected chi connectivity index (χ4v) is 3.24. The maximum Gasteiger partial charge on any atom is 0.227 e. The molecule has 0 unspecified atom stereocenters. The van der Waals surface area contributed by atoms with Gasteiger partial charge in [0.25, 0.3) is 0 Å². The summed E-state index contributed by atoms with van der Waals surface area (Å²) >= 11 is 0. The molecule has 2 fully saturated rings. The standard InChI is InChI=1S/C21H32N4O2/c1-23(2)11-12-25(21(27)16-7-8-16)14-17-13-18(9-10-19(17)24(3)4)22-20(26)15-5-6-15/h9-10,13,15-16H,5-8,11-12,14H2,1-4H3,(H,22,26)/p+1. The molecule has 2 aliphatic carbocycles. The minimum absolute atomic E-state index is 0.112. The highest BCUT2D eigenvalue weighted by Crippen LogP contribution is 2.33. The number of likely N-dealkylation sites (N-methyl/N-ethyl adjacent to an activating group) is 1. The number of nitrogens with zero attached hydrogens (tertiary/aromatic N) is 2. The summed E-state index contributed by atoms with van der Waals surface area (Å²) in [6, 6.07) is 6.02. The minimum Gasteiger partial charge on any atom is -0.377 e. The number of nitrogens with one attached hydrogen (secondary N) is 2. The molecule has 148 valence electrons. The average molecular weight is 374 g/mol. The van der Waals surface area contributed by atoms with Gasteiger partial charge < -0.3 is 20.0 Å². The molecule has 0 atom stereocenters. The SMILES string of the molecule is CN(C)c1ccc(NC(=O)C2CC2)cc1CN(CC[NH+](C)C)C(=O)C1CC1. The van der Waals surface area contributed by atoms with Crippen molar-refractivity contribution in [1.82, 2.24) is 4.90 Å². The van der Waals surface area contributed by atoms with Crippen molar-refractivity contribution in [2.24, 2.45) is 11.8 Å². The van der Waals surface area contributed by atoms with Crippen molar-refractivity contribution in [2.45, 2.75) is 32.2 Å². The Kier molecular flexibility index (Phi) is 6.05. The molecule has 2 amide bonds. The molecular weight excluding hydrogens is 340 g/mol. The Balaban J connectivity index is 1.79. The summed E-state index contributed by atoms with van der Waals surface area (Å²) in [4.78, 5) is 30.3. The normalized spacial score (nSPS) is 16.3. The van der Waals surface area contributed by atoms with Gasteiger partial charge in [0.2, 0.25) is 11.8 Å². The fraction of sp³-hybridized carbons (Fsp3) is 0.619. The van der Waals surface area contributed by atoms with Crippen LogP contribution >= 0.6 is 0 Å². The summed E-state index contributed by atoms with van der Waals surface area (Å²) in [6.07, 6.45) is 4.01. The Labute approximate surface area is 162 Å². The van der Waals surface area contributed by atoms with Gasteiger partial charge in [-0.3, -0.25) is 9.59 Å². The molecule has 1 aromatic carbocycles. The summed E-state index contributed by atoms with van der Waals surface area (Å²) in [5.41, 5.74) is 2.99. The van der Waals surface area contributed by atoms with Gasteiger partial charge in [0.1, 0.15) is 0 Å². The van der Waals surface area contributed by atoms with Gasteiger partial charge in [0.15, 0.2) is 0 Å². The molecule has 0 bridgehead atoms. The molecule has 0 radical (unpaired) electrons. The largest absolute Gasteiger partial charge is 0.377 e. The van der Waals surface area contributed by atoms with Gasteiger partial charge >= 0.3 is 0 Å². The van der Waals surface area contributed by atoms with E-state index in [9.17, 15) is 9.59 Å². The number of carbonyl (C=O) groups excluding carboxylic acids is 2. The van der Waals surface area contributed by atoms with Crippen LogP contribution in [0.4, 0.5) is 11.4 Å². The van der Waals surface area contributed by atoms with E-state index in [2.05, 4.69) is 24.3 Å². The Hall–Kier alpha value is -2.08. The minimum atomic E-state index is 0.112. The summed E-state index contributed by atoms with van der Waals surface area (Å²) in [5.74, 6) is 0.773. The first kappa shape index (κ1) is 19.7. The third kappa shape index (κ3) is 5.45. The van der Waals surface area contributed by atoms with E-state index in [0.717, 1.165) is 55.7 Å². The van der Waals surface area contributed by atoms with Crippen molar-refractivity contribution < 1.29 is 14.5 Å². The maximum atomic E-state index is 12.8. The van der Waals surface area contributed by atoms with Gasteiger partial charge in [0.05, 0.1) is 27.2 Å². The third-order valence-electron chi connectivity index (χ3n) is 5.26. The average Bonchev–Trinajstić information content (AvgIpc) is 3.48. The van der Waals surface area contributed by atoms with Crippen LogP contribution < -0.4 is 15.1 Å². The van der Waals surface area contributed by atoms with E-state index in [4.69, 9.17) is 0 Å². The molecule has 27 heavy (non-hydrogen) atoms. The quantitative estimate of drug-likeness (QED) is 0.679. The highest BCUT2D eigenvalue weighted by Gasteiger charge is 2.34. The van der Waals surface area contributed by atoms with Gasteiger partial charge in [0, 0.05) is 43.9 Å². The lowest BCUT2D eigenvalue weighted by atomic mass is 10.1. The lowest BCUT2D eigenvalue weighted by Crippen LogP contribution is -3.06. The number of anilines is 2. The van der Waals surface area contributed by atoms with Gasteiger partial charge in [-0.25, -0.2) is 0 Å². The molecule has 0 spiro atoms. The molecule has 2 saturated carbocycles. The van der Waals surface area contributed by atoms with Crippen LogP contribution in [0.5, 0.6) is 0 Å². The Morgan fingerprint density at radius 3 is 2.33 bits per heavy atom. The zero-order chi connectivity index (χ0) is 19.6. The molecule has 3 rings (SSSR count). The summed E-state index contributed by atoms with van der Waals surface area (Å²) in [5, 5.41) is 3.03. The first-order chi connectivity index (χ1) is 12.8. The van der Waals surface area contributed by atoms with Crippen molar-refractivity contribution in [3.05, 3.63) is 23.8 Å². The summed E-state index contributed by atoms with van der Waals surface area (Å²) in [7, 11) is 8.24. The molecule has 0 heterocycles. The second kappa shape index (κ2) is 8.30. The molecule has 2 N–H and O–H groups in total. The van der Waals surface area contributed by atoms with Crippen molar-refractivity contribution in [1.29, 1.82) is 0 Å². The van der Waals surface area contributed by atoms with E-state index in [1.54, 1.807) is 0 Å². The van der Waals surface area contributed by atoms with Crippen LogP contribution in [0.25, 0.3) is 0 Å². The number of hydrogen-bond acceptors (Lipinski definition) is 3. The van der Waals surface area contributed by atoms with Crippen LogP contribution in [-0.2, 0) is 16.1 Å². The van der Waals surface area contributed by atoms with E-state index < -0.39 is 0 Å². The van der Waals surface area contributed by atoms with Gasteiger partial charge in [-0.1, -0.05) is 0 Å². The lowest BCUT2D eigenvalue weighted by Gasteiger charge is -2.26.